The van der Waals surface area contributed by atoms with E-state index >= 15 is 0 Å². The molecule has 1 saturated heterocycles. The topological polar surface area (TPSA) is 40.5 Å². The van der Waals surface area contributed by atoms with Crippen molar-refractivity contribution in [2.75, 3.05) is 6.54 Å². The van der Waals surface area contributed by atoms with Gasteiger partial charge in [0.1, 0.15) is 6.23 Å². The first-order valence-corrected chi connectivity index (χ1v) is 7.52. The van der Waals surface area contributed by atoms with Gasteiger partial charge in [-0.3, -0.25) is 4.79 Å². The summed E-state index contributed by atoms with van der Waals surface area (Å²) >= 11 is 0. The Morgan fingerprint density at radius 3 is 2.71 bits per heavy atom. The number of hydrogen-bond donors (Lipinski definition) is 1. The quantitative estimate of drug-likeness (QED) is 0.941. The molecule has 1 amide bonds. The molecule has 0 aliphatic carbocycles. The Morgan fingerprint density at radius 1 is 1.24 bits per heavy atom. The molecule has 1 atom stereocenters. The highest BCUT2D eigenvalue weighted by Crippen LogP contribution is 2.24. The molecule has 3 rings (SSSR count). The molecule has 1 fully saturated rings. The van der Waals surface area contributed by atoms with E-state index in [1.807, 2.05) is 0 Å². The Kier molecular flexibility index (Phi) is 3.68. The van der Waals surface area contributed by atoms with Crippen molar-refractivity contribution in [3.63, 3.8) is 0 Å². The van der Waals surface area contributed by atoms with Crippen LogP contribution in [0.1, 0.15) is 29.5 Å². The zero-order valence-corrected chi connectivity index (χ0v) is 12.6. The van der Waals surface area contributed by atoms with Crippen molar-refractivity contribution in [1.82, 2.24) is 4.90 Å². The molecule has 1 aliphatic rings. The smallest absolute Gasteiger partial charge is 0.224 e. The largest absolute Gasteiger partial charge is 0.374 e. The molecule has 3 nitrogen and oxygen atoms in total. The van der Waals surface area contributed by atoms with Crippen LogP contribution in [0, 0.1) is 13.8 Å². The second-order valence-electron chi connectivity index (χ2n) is 5.93. The van der Waals surface area contributed by atoms with E-state index in [2.05, 4.69) is 44.2 Å². The number of rotatable bonds is 3. The van der Waals surface area contributed by atoms with E-state index < -0.39 is 6.23 Å². The summed E-state index contributed by atoms with van der Waals surface area (Å²) in [5.74, 6) is 0.0646. The number of aryl methyl sites for hydroxylation is 2. The van der Waals surface area contributed by atoms with E-state index in [0.29, 0.717) is 19.4 Å². The van der Waals surface area contributed by atoms with E-state index in [4.69, 9.17) is 0 Å². The highest BCUT2D eigenvalue weighted by atomic mass is 16.3. The first-order valence-electron chi connectivity index (χ1n) is 7.52. The van der Waals surface area contributed by atoms with Crippen LogP contribution in [0.5, 0.6) is 0 Å². The van der Waals surface area contributed by atoms with E-state index in [1.54, 1.807) is 4.90 Å². The Morgan fingerprint density at radius 2 is 2.00 bits per heavy atom. The zero-order valence-electron chi connectivity index (χ0n) is 12.6. The number of likely N-dealkylation sites (tertiary alicyclic amines) is 1. The zero-order chi connectivity index (χ0) is 15.0. The van der Waals surface area contributed by atoms with Crippen molar-refractivity contribution in [3.8, 4) is 0 Å². The highest BCUT2D eigenvalue weighted by molar-refractivity contribution is 5.87. The van der Waals surface area contributed by atoms with Gasteiger partial charge in [-0.1, -0.05) is 30.3 Å². The molecule has 2 aromatic carbocycles. The van der Waals surface area contributed by atoms with Crippen molar-refractivity contribution in [2.24, 2.45) is 0 Å². The Labute approximate surface area is 125 Å². The first-order chi connectivity index (χ1) is 10.1. The monoisotopic (exact) mass is 283 g/mol. The van der Waals surface area contributed by atoms with Crippen LogP contribution in [-0.2, 0) is 11.2 Å². The van der Waals surface area contributed by atoms with Gasteiger partial charge in [0.25, 0.3) is 0 Å². The summed E-state index contributed by atoms with van der Waals surface area (Å²) in [6.07, 6.45) is 1.21. The van der Waals surface area contributed by atoms with Crippen LogP contribution in [0.3, 0.4) is 0 Å². The van der Waals surface area contributed by atoms with Crippen molar-refractivity contribution in [1.29, 1.82) is 0 Å². The minimum absolute atomic E-state index is 0.0646. The van der Waals surface area contributed by atoms with Crippen LogP contribution in [0.4, 0.5) is 0 Å². The summed E-state index contributed by atoms with van der Waals surface area (Å²) < 4.78 is 0. The normalized spacial score (nSPS) is 18.7. The number of aliphatic hydroxyl groups excluding tert-OH is 1. The molecule has 1 heterocycles. The molecule has 110 valence electrons. The molecule has 2 aromatic rings. The number of amides is 1. The van der Waals surface area contributed by atoms with Crippen molar-refractivity contribution < 1.29 is 9.90 Å². The molecule has 1 N–H and O–H groups in total. The fraction of sp³-hybridized carbons (Fsp3) is 0.389. The number of nitrogens with zero attached hydrogens (tertiary/aromatic N) is 1. The lowest BCUT2D eigenvalue weighted by atomic mass is 9.97. The van der Waals surface area contributed by atoms with Crippen molar-refractivity contribution in [3.05, 3.63) is 47.0 Å². The van der Waals surface area contributed by atoms with Crippen LogP contribution in [0.25, 0.3) is 10.8 Å². The number of hydrogen-bond acceptors (Lipinski definition) is 2. The number of carbonyl (C=O) groups is 1. The van der Waals surface area contributed by atoms with E-state index in [0.717, 1.165) is 6.42 Å². The van der Waals surface area contributed by atoms with Gasteiger partial charge in [0.05, 0.1) is 0 Å². The third-order valence-corrected chi connectivity index (χ3v) is 4.50. The SMILES string of the molecule is Cc1cc2cccc(CCN3C(=O)CC[C@@H]3O)c2cc1C. The predicted octanol–water partition coefficient (Wildman–Crippen LogP) is 2.94. The lowest BCUT2D eigenvalue weighted by molar-refractivity contribution is -0.133. The van der Waals surface area contributed by atoms with Gasteiger partial charge in [-0.05, 0) is 47.7 Å². The Hall–Kier alpha value is -1.87. The maximum absolute atomic E-state index is 11.7. The van der Waals surface area contributed by atoms with Crippen LogP contribution in [0.15, 0.2) is 30.3 Å². The first kappa shape index (κ1) is 14.1. The standard InChI is InChI=1S/C18H21NO2/c1-12-10-15-5-3-4-14(16(15)11-13(12)2)8-9-19-17(20)6-7-18(19)21/h3-5,10-11,17,20H,6-9H2,1-2H3/t17-/m0/s1. The minimum atomic E-state index is -0.601. The molecule has 0 bridgehead atoms. The minimum Gasteiger partial charge on any atom is -0.374 e. The van der Waals surface area contributed by atoms with Crippen molar-refractivity contribution >= 4 is 16.7 Å². The molecular weight excluding hydrogens is 262 g/mol. The maximum Gasteiger partial charge on any atom is 0.224 e. The second-order valence-corrected chi connectivity index (χ2v) is 5.93. The molecule has 0 aromatic heterocycles. The highest BCUT2D eigenvalue weighted by Gasteiger charge is 2.28. The van der Waals surface area contributed by atoms with Gasteiger partial charge in [-0.25, -0.2) is 0 Å². The summed E-state index contributed by atoms with van der Waals surface area (Å²) in [5.41, 5.74) is 3.82. The average molecular weight is 283 g/mol. The summed E-state index contributed by atoms with van der Waals surface area (Å²) in [5, 5.41) is 12.3. The fourth-order valence-electron chi connectivity index (χ4n) is 3.06. The van der Waals surface area contributed by atoms with Crippen LogP contribution >= 0.6 is 0 Å². The van der Waals surface area contributed by atoms with Gasteiger partial charge >= 0.3 is 0 Å². The van der Waals surface area contributed by atoms with Gasteiger partial charge in [-0.2, -0.15) is 0 Å². The molecule has 1 aliphatic heterocycles. The maximum atomic E-state index is 11.7. The summed E-state index contributed by atoms with van der Waals surface area (Å²) in [6, 6.07) is 10.7. The lowest BCUT2D eigenvalue weighted by Crippen LogP contribution is -2.34. The number of fused-ring (bicyclic) bond motifs is 1. The van der Waals surface area contributed by atoms with Gasteiger partial charge in [0.15, 0.2) is 0 Å². The van der Waals surface area contributed by atoms with Gasteiger partial charge in [-0.15, -0.1) is 0 Å². The number of carbonyl (C=O) groups excluding carboxylic acids is 1. The second kappa shape index (κ2) is 5.49. The molecule has 3 heteroatoms. The molecular formula is C18H21NO2. The summed E-state index contributed by atoms with van der Waals surface area (Å²) in [7, 11) is 0. The van der Waals surface area contributed by atoms with Gasteiger partial charge in [0, 0.05) is 19.4 Å². The van der Waals surface area contributed by atoms with Gasteiger partial charge < -0.3 is 10.0 Å². The molecule has 21 heavy (non-hydrogen) atoms. The summed E-state index contributed by atoms with van der Waals surface area (Å²) in [4.78, 5) is 13.3. The number of aliphatic hydroxyl groups is 1. The molecule has 0 unspecified atom stereocenters. The van der Waals surface area contributed by atoms with E-state index in [1.165, 1.54) is 27.5 Å². The Balaban J connectivity index is 1.87. The van der Waals surface area contributed by atoms with Crippen molar-refractivity contribution in [2.45, 2.75) is 39.3 Å². The third-order valence-electron chi connectivity index (χ3n) is 4.50. The van der Waals surface area contributed by atoms with Crippen LogP contribution in [-0.4, -0.2) is 28.7 Å². The molecule has 0 spiro atoms. The lowest BCUT2D eigenvalue weighted by Gasteiger charge is -2.20. The fourth-order valence-corrected chi connectivity index (χ4v) is 3.06. The predicted molar refractivity (Wildman–Crippen MR) is 84.1 cm³/mol. The summed E-state index contributed by atoms with van der Waals surface area (Å²) in [6.45, 7) is 4.84. The van der Waals surface area contributed by atoms with Crippen LogP contribution in [0.2, 0.25) is 0 Å². The van der Waals surface area contributed by atoms with E-state index in [-0.39, 0.29) is 5.91 Å². The van der Waals surface area contributed by atoms with Gasteiger partial charge in [0.2, 0.25) is 5.91 Å². The average Bonchev–Trinajstić information content (AvgIpc) is 2.77. The van der Waals surface area contributed by atoms with Crippen LogP contribution < -0.4 is 0 Å². The number of benzene rings is 2. The molecule has 0 radical (unpaired) electrons. The third kappa shape index (κ3) is 2.66. The van der Waals surface area contributed by atoms with E-state index in [9.17, 15) is 9.90 Å². The Bertz CT molecular complexity index is 693. The molecule has 0 saturated carbocycles.